The van der Waals surface area contributed by atoms with Crippen molar-refractivity contribution < 1.29 is 56.2 Å². The summed E-state index contributed by atoms with van der Waals surface area (Å²) in [7, 11) is -5.06. The van der Waals surface area contributed by atoms with E-state index in [1.807, 2.05) is 0 Å². The van der Waals surface area contributed by atoms with Gasteiger partial charge in [-0.25, -0.2) is 4.18 Å². The van der Waals surface area contributed by atoms with Gasteiger partial charge in [-0.2, -0.15) is 8.42 Å². The number of carbonyl (C=O) groups is 1. The van der Waals surface area contributed by atoms with Crippen molar-refractivity contribution in [1.29, 1.82) is 0 Å². The third kappa shape index (κ3) is 35.0. The summed E-state index contributed by atoms with van der Waals surface area (Å²) in [6, 6.07) is 0. The Balaban J connectivity index is 2.37. The van der Waals surface area contributed by atoms with Crippen LogP contribution in [0, 0.1) is 0 Å². The summed E-state index contributed by atoms with van der Waals surface area (Å²) in [5.74, 6) is -0.406. The first kappa shape index (κ1) is 59.1. The van der Waals surface area contributed by atoms with Crippen molar-refractivity contribution >= 4 is 16.4 Å². The molecule has 1 aliphatic heterocycles. The zero-order valence-corrected chi connectivity index (χ0v) is 40.2. The predicted molar refractivity (Wildman–Crippen MR) is 253 cm³/mol. The lowest BCUT2D eigenvalue weighted by Crippen LogP contribution is -2.60. The molecule has 63 heavy (non-hydrogen) atoms. The molecule has 0 spiro atoms. The highest BCUT2D eigenvalue weighted by atomic mass is 32.3. The van der Waals surface area contributed by atoms with Gasteiger partial charge in [0.15, 0.2) is 6.29 Å². The van der Waals surface area contributed by atoms with Crippen LogP contribution < -0.4 is 0 Å². The maximum atomic E-state index is 12.9. The minimum Gasteiger partial charge on any atom is -0.457 e. The third-order valence-corrected chi connectivity index (χ3v) is 11.7. The average Bonchev–Trinajstić information content (AvgIpc) is 3.26. The van der Waals surface area contributed by atoms with Crippen LogP contribution in [0.25, 0.3) is 0 Å². The number of esters is 1. The monoisotopic (exact) mass is 915 g/mol. The van der Waals surface area contributed by atoms with Gasteiger partial charge in [0, 0.05) is 13.0 Å². The Morgan fingerprint density at radius 2 is 1.10 bits per heavy atom. The predicted octanol–water partition coefficient (Wildman–Crippen LogP) is 11.1. The van der Waals surface area contributed by atoms with Crippen LogP contribution in [0.15, 0.2) is 48.6 Å². The standard InChI is InChI=1S/C50H90O12S/c1-3-5-7-9-11-13-15-17-19-20-21-22-23-24-25-27-29-31-33-35-37-39-46(52)60-44(43-59-50-48(54)49(62-63(55,56)57)47(53)45(41-51)61-50)42-58-40-38-36-34-32-30-28-26-18-16-14-12-10-8-6-4-2/h5,7,11,13,17,19,21-22,44-45,47-51,53-54H,3-4,6,8-10,12,14-16,18,20,23-43H2,1-2H3,(H,55,56,57)/b7-5-,13-11-,19-17-,22-21-. The molecule has 1 saturated heterocycles. The molecule has 1 fully saturated rings. The molecule has 6 unspecified atom stereocenters. The van der Waals surface area contributed by atoms with Gasteiger partial charge >= 0.3 is 16.4 Å². The molecule has 0 amide bonds. The van der Waals surface area contributed by atoms with Crippen molar-refractivity contribution in [3.05, 3.63) is 48.6 Å². The Hall–Kier alpha value is -1.94. The van der Waals surface area contributed by atoms with Gasteiger partial charge in [-0.1, -0.05) is 191 Å². The number of carbonyl (C=O) groups excluding carboxylic acids is 1. The lowest BCUT2D eigenvalue weighted by atomic mass is 9.99. The molecular weight excluding hydrogens is 825 g/mol. The van der Waals surface area contributed by atoms with Gasteiger partial charge in [-0.05, 0) is 51.4 Å². The van der Waals surface area contributed by atoms with Crippen molar-refractivity contribution in [3.8, 4) is 0 Å². The lowest BCUT2D eigenvalue weighted by Gasteiger charge is -2.41. The highest BCUT2D eigenvalue weighted by Crippen LogP contribution is 2.26. The second-order valence-electron chi connectivity index (χ2n) is 17.0. The van der Waals surface area contributed by atoms with Crippen molar-refractivity contribution in [1.82, 2.24) is 0 Å². The molecule has 0 aliphatic carbocycles. The molecule has 6 atom stereocenters. The van der Waals surface area contributed by atoms with Crippen LogP contribution in [0.5, 0.6) is 0 Å². The Labute approximate surface area is 383 Å². The average molecular weight is 915 g/mol. The maximum absolute atomic E-state index is 12.9. The molecule has 0 saturated carbocycles. The zero-order chi connectivity index (χ0) is 46.1. The first-order valence-electron chi connectivity index (χ1n) is 24.9. The highest BCUT2D eigenvalue weighted by Gasteiger charge is 2.48. The molecule has 13 heteroatoms. The van der Waals surface area contributed by atoms with E-state index in [2.05, 4.69) is 66.6 Å². The van der Waals surface area contributed by atoms with Crippen LogP contribution in [0.3, 0.4) is 0 Å². The molecule has 0 aromatic rings. The SMILES string of the molecule is CC/C=C\C/C=C\C/C=C\C/C=C\CCCCCCCCCCC(=O)OC(COCCCCCCCCCCCCCCCCC)COC1OC(CO)C(O)C(OS(=O)(=O)O)C1O. The van der Waals surface area contributed by atoms with Crippen LogP contribution in [0.1, 0.15) is 200 Å². The molecule has 0 aromatic heterocycles. The van der Waals surface area contributed by atoms with Crippen LogP contribution in [-0.2, 0) is 38.3 Å². The van der Waals surface area contributed by atoms with Crippen LogP contribution >= 0.6 is 0 Å². The number of aliphatic hydroxyl groups is 3. The summed E-state index contributed by atoms with van der Waals surface area (Å²) in [4.78, 5) is 12.9. The second kappa shape index (κ2) is 41.5. The van der Waals surface area contributed by atoms with Crippen LogP contribution in [-0.4, -0.2) is 97.5 Å². The summed E-state index contributed by atoms with van der Waals surface area (Å²) >= 11 is 0. The minimum atomic E-state index is -5.06. The summed E-state index contributed by atoms with van der Waals surface area (Å²) in [6.07, 6.45) is 41.4. The van der Waals surface area contributed by atoms with E-state index in [9.17, 15) is 33.1 Å². The van der Waals surface area contributed by atoms with Gasteiger partial charge in [0.25, 0.3) is 0 Å². The number of hydrogen-bond donors (Lipinski definition) is 4. The van der Waals surface area contributed by atoms with Gasteiger partial charge in [0.05, 0.1) is 19.8 Å². The fraction of sp³-hybridized carbons (Fsp3) is 0.820. The zero-order valence-electron chi connectivity index (χ0n) is 39.4. The fourth-order valence-electron chi connectivity index (χ4n) is 7.49. The molecular formula is C50H90O12S. The second-order valence-corrected chi connectivity index (χ2v) is 18.1. The molecule has 1 rings (SSSR count). The number of rotatable bonds is 43. The number of hydrogen-bond acceptors (Lipinski definition) is 11. The normalized spacial score (nSPS) is 20.3. The van der Waals surface area contributed by atoms with Crippen molar-refractivity contribution in [3.63, 3.8) is 0 Å². The van der Waals surface area contributed by atoms with E-state index >= 15 is 0 Å². The lowest BCUT2D eigenvalue weighted by molar-refractivity contribution is -0.301. The van der Waals surface area contributed by atoms with E-state index < -0.39 is 59.8 Å². The molecule has 368 valence electrons. The Morgan fingerprint density at radius 1 is 0.619 bits per heavy atom. The summed E-state index contributed by atoms with van der Waals surface area (Å²) < 4.78 is 59.2. The van der Waals surface area contributed by atoms with E-state index in [1.165, 1.54) is 103 Å². The first-order chi connectivity index (χ1) is 30.6. The van der Waals surface area contributed by atoms with E-state index in [1.54, 1.807) is 0 Å². The Morgan fingerprint density at radius 3 is 1.60 bits per heavy atom. The minimum absolute atomic E-state index is 0.0342. The Bertz CT molecular complexity index is 1290. The van der Waals surface area contributed by atoms with Gasteiger partial charge in [0.1, 0.15) is 30.5 Å². The molecule has 0 bridgehead atoms. The summed E-state index contributed by atoms with van der Waals surface area (Å²) in [5.41, 5.74) is 0. The van der Waals surface area contributed by atoms with Crippen molar-refractivity contribution in [2.75, 3.05) is 26.4 Å². The molecule has 0 radical (unpaired) electrons. The van der Waals surface area contributed by atoms with Gasteiger partial charge in [-0.15, -0.1) is 0 Å². The number of ether oxygens (including phenoxy) is 4. The molecule has 0 aromatic carbocycles. The smallest absolute Gasteiger partial charge is 0.397 e. The van der Waals surface area contributed by atoms with Crippen molar-refractivity contribution in [2.45, 2.75) is 237 Å². The van der Waals surface area contributed by atoms with Crippen LogP contribution in [0.2, 0.25) is 0 Å². The first-order valence-corrected chi connectivity index (χ1v) is 26.3. The molecule has 12 nitrogen and oxygen atoms in total. The molecule has 1 heterocycles. The molecule has 4 N–H and O–H groups in total. The topological polar surface area (TPSA) is 178 Å². The van der Waals surface area contributed by atoms with Crippen molar-refractivity contribution in [2.24, 2.45) is 0 Å². The van der Waals surface area contributed by atoms with E-state index in [-0.39, 0.29) is 19.6 Å². The highest BCUT2D eigenvalue weighted by molar-refractivity contribution is 7.80. The van der Waals surface area contributed by atoms with Gasteiger partial charge < -0.3 is 34.3 Å². The Kier molecular flexibility index (Phi) is 38.9. The number of aliphatic hydroxyl groups excluding tert-OH is 3. The maximum Gasteiger partial charge on any atom is 0.397 e. The number of allylic oxidation sites excluding steroid dienone is 8. The van der Waals surface area contributed by atoms with Gasteiger partial charge in [-0.3, -0.25) is 9.35 Å². The third-order valence-electron chi connectivity index (χ3n) is 11.2. The van der Waals surface area contributed by atoms with E-state index in [0.29, 0.717) is 13.0 Å². The number of unbranched alkanes of at least 4 members (excludes halogenated alkanes) is 22. The fourth-order valence-corrected chi connectivity index (χ4v) is 8.00. The summed E-state index contributed by atoms with van der Waals surface area (Å²) in [5, 5.41) is 30.7. The van der Waals surface area contributed by atoms with Crippen LogP contribution in [0.4, 0.5) is 0 Å². The quantitative estimate of drug-likeness (QED) is 0.0197. The van der Waals surface area contributed by atoms with E-state index in [4.69, 9.17) is 18.9 Å². The van der Waals surface area contributed by atoms with E-state index in [0.717, 1.165) is 70.6 Å². The summed E-state index contributed by atoms with van der Waals surface area (Å²) in [6.45, 7) is 3.89. The van der Waals surface area contributed by atoms with Gasteiger partial charge in [0.2, 0.25) is 0 Å². The molecule has 1 aliphatic rings. The largest absolute Gasteiger partial charge is 0.457 e.